The van der Waals surface area contributed by atoms with Gasteiger partial charge in [-0.2, -0.15) is 0 Å². The van der Waals surface area contributed by atoms with Gasteiger partial charge in [0.25, 0.3) is 0 Å². The van der Waals surface area contributed by atoms with Gasteiger partial charge in [-0.15, -0.1) is 0 Å². The fourth-order valence-electron chi connectivity index (χ4n) is 4.15. The highest BCUT2D eigenvalue weighted by Crippen LogP contribution is 2.41. The number of aliphatic hydroxyl groups excluding tert-OH is 1. The Morgan fingerprint density at radius 3 is 2.43 bits per heavy atom. The van der Waals surface area contributed by atoms with Gasteiger partial charge < -0.3 is 5.11 Å². The van der Waals surface area contributed by atoms with E-state index in [4.69, 9.17) is 0 Å². The van der Waals surface area contributed by atoms with E-state index >= 15 is 0 Å². The largest absolute Gasteiger partial charge is 0.391 e. The van der Waals surface area contributed by atoms with Crippen LogP contribution in [0.1, 0.15) is 44.1 Å². The lowest BCUT2D eigenvalue weighted by Gasteiger charge is -2.42. The molecule has 1 aliphatic carbocycles. The van der Waals surface area contributed by atoms with Crippen LogP contribution in [0.15, 0.2) is 22.7 Å². The van der Waals surface area contributed by atoms with Crippen molar-refractivity contribution in [2.45, 2.75) is 56.6 Å². The standard InChI is InChI=1S/C17H23BrFNO/c18-14-9-13(10-15(19)12-14)11-16(21)17(5-1-2-6-17)20-7-3-4-8-20/h9-10,12,16,21H,1-8,11H2. The monoisotopic (exact) mass is 355 g/mol. The zero-order valence-corrected chi connectivity index (χ0v) is 13.9. The van der Waals surface area contributed by atoms with Crippen LogP contribution in [-0.4, -0.2) is 34.7 Å². The van der Waals surface area contributed by atoms with E-state index in [9.17, 15) is 9.50 Å². The summed E-state index contributed by atoms with van der Waals surface area (Å²) < 4.78 is 14.3. The molecule has 1 N–H and O–H groups in total. The van der Waals surface area contributed by atoms with E-state index in [2.05, 4.69) is 20.8 Å². The first-order valence-electron chi connectivity index (χ1n) is 7.98. The van der Waals surface area contributed by atoms with E-state index in [1.807, 2.05) is 6.07 Å². The van der Waals surface area contributed by atoms with Gasteiger partial charge in [-0.25, -0.2) is 4.39 Å². The molecule has 0 radical (unpaired) electrons. The molecule has 1 aromatic carbocycles. The third kappa shape index (κ3) is 3.17. The van der Waals surface area contributed by atoms with Crippen LogP contribution in [0.4, 0.5) is 4.39 Å². The Bertz CT molecular complexity index is 475. The van der Waals surface area contributed by atoms with Crippen LogP contribution in [-0.2, 0) is 6.42 Å². The molecule has 1 atom stereocenters. The SMILES string of the molecule is OC(Cc1cc(F)cc(Br)c1)C1(N2CCCC2)CCCC1. The maximum absolute atomic E-state index is 13.5. The van der Waals surface area contributed by atoms with Crippen LogP contribution in [0.25, 0.3) is 0 Å². The van der Waals surface area contributed by atoms with E-state index in [-0.39, 0.29) is 11.4 Å². The Morgan fingerprint density at radius 2 is 1.81 bits per heavy atom. The molecule has 116 valence electrons. The molecule has 1 saturated heterocycles. The van der Waals surface area contributed by atoms with E-state index in [0.29, 0.717) is 6.42 Å². The summed E-state index contributed by atoms with van der Waals surface area (Å²) in [6, 6.07) is 4.92. The number of likely N-dealkylation sites (tertiary alicyclic amines) is 1. The summed E-state index contributed by atoms with van der Waals surface area (Å²) in [6.45, 7) is 2.20. The first-order chi connectivity index (χ1) is 10.1. The maximum atomic E-state index is 13.5. The molecule has 1 aromatic rings. The lowest BCUT2D eigenvalue weighted by molar-refractivity contribution is -0.0172. The van der Waals surface area contributed by atoms with Crippen LogP contribution < -0.4 is 0 Å². The van der Waals surface area contributed by atoms with Crippen LogP contribution in [0.2, 0.25) is 0 Å². The summed E-state index contributed by atoms with van der Waals surface area (Å²) >= 11 is 3.33. The number of halogens is 2. The van der Waals surface area contributed by atoms with Gasteiger partial charge in [0.15, 0.2) is 0 Å². The molecule has 0 spiro atoms. The highest BCUT2D eigenvalue weighted by molar-refractivity contribution is 9.10. The summed E-state index contributed by atoms with van der Waals surface area (Å²) in [5.74, 6) is -0.242. The molecule has 1 aliphatic heterocycles. The average molecular weight is 356 g/mol. The lowest BCUT2D eigenvalue weighted by atomic mass is 9.85. The van der Waals surface area contributed by atoms with Crippen molar-refractivity contribution in [3.05, 3.63) is 34.1 Å². The Labute approximate surface area is 134 Å². The molecule has 1 heterocycles. The second-order valence-corrected chi connectivity index (χ2v) is 7.42. The normalized spacial score (nSPS) is 23.6. The first kappa shape index (κ1) is 15.4. The van der Waals surface area contributed by atoms with Crippen LogP contribution in [0, 0.1) is 5.82 Å². The fourth-order valence-corrected chi connectivity index (χ4v) is 4.66. The van der Waals surface area contributed by atoms with Gasteiger partial charge in [-0.3, -0.25) is 4.90 Å². The number of aliphatic hydroxyl groups is 1. The predicted molar refractivity (Wildman–Crippen MR) is 85.8 cm³/mol. The summed E-state index contributed by atoms with van der Waals surface area (Å²) in [4.78, 5) is 2.50. The van der Waals surface area contributed by atoms with Gasteiger partial charge in [-0.05, 0) is 62.5 Å². The Morgan fingerprint density at radius 1 is 1.14 bits per heavy atom. The Balaban J connectivity index is 1.79. The number of hydrogen-bond donors (Lipinski definition) is 1. The number of rotatable bonds is 4. The predicted octanol–water partition coefficient (Wildman–Crippen LogP) is 3.90. The molecule has 2 fully saturated rings. The first-order valence-corrected chi connectivity index (χ1v) is 8.77. The highest BCUT2D eigenvalue weighted by Gasteiger charge is 2.45. The van der Waals surface area contributed by atoms with Gasteiger partial charge in [-0.1, -0.05) is 28.8 Å². The topological polar surface area (TPSA) is 23.5 Å². The van der Waals surface area contributed by atoms with Gasteiger partial charge >= 0.3 is 0 Å². The van der Waals surface area contributed by atoms with E-state index in [0.717, 1.165) is 36.0 Å². The molecule has 2 nitrogen and oxygen atoms in total. The van der Waals surface area contributed by atoms with Gasteiger partial charge in [0, 0.05) is 16.4 Å². The zero-order chi connectivity index (χ0) is 14.9. The molecule has 21 heavy (non-hydrogen) atoms. The molecule has 0 bridgehead atoms. The van der Waals surface area contributed by atoms with Crippen molar-refractivity contribution in [3.63, 3.8) is 0 Å². The van der Waals surface area contributed by atoms with Gasteiger partial charge in [0.2, 0.25) is 0 Å². The third-order valence-corrected chi connectivity index (χ3v) is 5.63. The second-order valence-electron chi connectivity index (χ2n) is 6.50. The molecular weight excluding hydrogens is 333 g/mol. The summed E-state index contributed by atoms with van der Waals surface area (Å²) in [6.07, 6.45) is 7.13. The quantitative estimate of drug-likeness (QED) is 0.885. The Hall–Kier alpha value is -0.450. The summed E-state index contributed by atoms with van der Waals surface area (Å²) in [7, 11) is 0. The minimum atomic E-state index is -0.410. The molecule has 1 saturated carbocycles. The zero-order valence-electron chi connectivity index (χ0n) is 12.3. The Kier molecular flexibility index (Phi) is 4.67. The average Bonchev–Trinajstić information content (AvgIpc) is 3.09. The van der Waals surface area contributed by atoms with E-state index in [1.54, 1.807) is 6.07 Å². The minimum Gasteiger partial charge on any atom is -0.391 e. The number of benzene rings is 1. The molecule has 0 amide bonds. The van der Waals surface area contributed by atoms with E-state index < -0.39 is 6.10 Å². The summed E-state index contributed by atoms with van der Waals surface area (Å²) in [5, 5.41) is 10.9. The minimum absolute atomic E-state index is 0.0741. The number of hydrogen-bond acceptors (Lipinski definition) is 2. The van der Waals surface area contributed by atoms with Crippen LogP contribution in [0.3, 0.4) is 0 Å². The van der Waals surface area contributed by atoms with Crippen molar-refractivity contribution in [2.75, 3.05) is 13.1 Å². The van der Waals surface area contributed by atoms with E-state index in [1.165, 1.54) is 31.7 Å². The fraction of sp³-hybridized carbons (Fsp3) is 0.647. The highest BCUT2D eigenvalue weighted by atomic mass is 79.9. The molecule has 2 aliphatic rings. The molecule has 4 heteroatoms. The van der Waals surface area contributed by atoms with Crippen molar-refractivity contribution < 1.29 is 9.50 Å². The van der Waals surface area contributed by atoms with Gasteiger partial charge in [0.05, 0.1) is 6.10 Å². The maximum Gasteiger partial charge on any atom is 0.124 e. The summed E-state index contributed by atoms with van der Waals surface area (Å²) in [5.41, 5.74) is 0.801. The van der Waals surface area contributed by atoms with Crippen LogP contribution >= 0.6 is 15.9 Å². The number of nitrogens with zero attached hydrogens (tertiary/aromatic N) is 1. The molecule has 0 aromatic heterocycles. The van der Waals surface area contributed by atoms with Gasteiger partial charge in [0.1, 0.15) is 5.82 Å². The third-order valence-electron chi connectivity index (χ3n) is 5.18. The lowest BCUT2D eigenvalue weighted by Crippen LogP contribution is -2.54. The molecule has 1 unspecified atom stereocenters. The smallest absolute Gasteiger partial charge is 0.124 e. The van der Waals surface area contributed by atoms with Crippen molar-refractivity contribution in [3.8, 4) is 0 Å². The van der Waals surface area contributed by atoms with Crippen molar-refractivity contribution in [2.24, 2.45) is 0 Å². The van der Waals surface area contributed by atoms with Crippen molar-refractivity contribution >= 4 is 15.9 Å². The van der Waals surface area contributed by atoms with Crippen molar-refractivity contribution in [1.82, 2.24) is 4.90 Å². The molecular formula is C17H23BrFNO. The van der Waals surface area contributed by atoms with Crippen molar-refractivity contribution in [1.29, 1.82) is 0 Å². The molecule has 3 rings (SSSR count). The van der Waals surface area contributed by atoms with Crippen LogP contribution in [0.5, 0.6) is 0 Å². The second kappa shape index (κ2) is 6.35.